The standard InChI is InChI=1S/C37H42N2O2/c1-40-33-20-21-34(41-2)31(25-33)26-38-36-30-22-23-39(32(24-30)19-18-27-12-6-3-7-13-27)37(36)35(28-14-8-4-9-15-28)29-16-10-5-11-17-29/h3-17,20-21,25,30,32,35-38H,18-19,22-24,26H2,1-2H3/t30-,32+,36+,37+/m0/s1. The number of aryl methyl sites for hydroxylation is 1. The van der Waals surface area contributed by atoms with Crippen molar-refractivity contribution >= 4 is 0 Å². The normalized spacial score (nSPS) is 23.4. The lowest BCUT2D eigenvalue weighted by Gasteiger charge is -2.58. The van der Waals surface area contributed by atoms with Crippen LogP contribution in [0.2, 0.25) is 0 Å². The zero-order valence-electron chi connectivity index (χ0n) is 24.3. The van der Waals surface area contributed by atoms with Crippen molar-refractivity contribution in [2.75, 3.05) is 20.8 Å². The Morgan fingerprint density at radius 1 is 0.805 bits per heavy atom. The van der Waals surface area contributed by atoms with Gasteiger partial charge in [0.15, 0.2) is 0 Å². The molecule has 0 saturated carbocycles. The van der Waals surface area contributed by atoms with Gasteiger partial charge in [-0.2, -0.15) is 0 Å². The first-order valence-corrected chi connectivity index (χ1v) is 15.1. The molecule has 2 bridgehead atoms. The highest BCUT2D eigenvalue weighted by atomic mass is 16.5. The van der Waals surface area contributed by atoms with Gasteiger partial charge in [0.1, 0.15) is 11.5 Å². The minimum atomic E-state index is 0.282. The van der Waals surface area contributed by atoms with Crippen molar-refractivity contribution in [1.29, 1.82) is 0 Å². The highest BCUT2D eigenvalue weighted by molar-refractivity contribution is 5.41. The Kier molecular flexibility index (Phi) is 8.69. The van der Waals surface area contributed by atoms with Crippen LogP contribution >= 0.6 is 0 Å². The van der Waals surface area contributed by atoms with Gasteiger partial charge in [0.25, 0.3) is 0 Å². The van der Waals surface area contributed by atoms with E-state index in [4.69, 9.17) is 9.47 Å². The van der Waals surface area contributed by atoms with E-state index in [1.54, 1.807) is 14.2 Å². The van der Waals surface area contributed by atoms with Crippen molar-refractivity contribution in [3.8, 4) is 11.5 Å². The maximum atomic E-state index is 5.74. The average molecular weight is 547 g/mol. The van der Waals surface area contributed by atoms with Crippen LogP contribution < -0.4 is 14.8 Å². The van der Waals surface area contributed by atoms with Gasteiger partial charge in [-0.3, -0.25) is 4.90 Å². The molecule has 5 atom stereocenters. The SMILES string of the molecule is COc1ccc(OC)c(CN[C@@H]2[C@H]3CCN([C@H](CCc4ccccc4)C3)[C@@H]2C(c2ccccc2)c2ccccc2)c1. The predicted octanol–water partition coefficient (Wildman–Crippen LogP) is 7.09. The molecule has 41 heavy (non-hydrogen) atoms. The second kappa shape index (κ2) is 12.9. The van der Waals surface area contributed by atoms with Crippen LogP contribution in [0.4, 0.5) is 0 Å². The fraction of sp³-hybridized carbons (Fsp3) is 0.351. The Morgan fingerprint density at radius 2 is 1.46 bits per heavy atom. The molecule has 4 nitrogen and oxygen atoms in total. The molecule has 1 unspecified atom stereocenters. The quantitative estimate of drug-likeness (QED) is 0.218. The van der Waals surface area contributed by atoms with Gasteiger partial charge in [-0.1, -0.05) is 91.0 Å². The summed E-state index contributed by atoms with van der Waals surface area (Å²) < 4.78 is 11.3. The van der Waals surface area contributed by atoms with Crippen LogP contribution in [0.25, 0.3) is 0 Å². The van der Waals surface area contributed by atoms with E-state index < -0.39 is 0 Å². The van der Waals surface area contributed by atoms with Gasteiger partial charge in [-0.25, -0.2) is 0 Å². The van der Waals surface area contributed by atoms with Crippen LogP contribution in [-0.2, 0) is 13.0 Å². The van der Waals surface area contributed by atoms with Crippen LogP contribution in [0, 0.1) is 5.92 Å². The lowest BCUT2D eigenvalue weighted by atomic mass is 9.67. The van der Waals surface area contributed by atoms with E-state index in [1.165, 1.54) is 36.0 Å². The van der Waals surface area contributed by atoms with E-state index in [2.05, 4.69) is 107 Å². The van der Waals surface area contributed by atoms with Crippen LogP contribution in [0.3, 0.4) is 0 Å². The molecule has 0 radical (unpaired) electrons. The molecule has 1 N–H and O–H groups in total. The van der Waals surface area contributed by atoms with Crippen molar-refractivity contribution in [1.82, 2.24) is 10.2 Å². The van der Waals surface area contributed by atoms with Gasteiger partial charge in [0.05, 0.1) is 14.2 Å². The third-order valence-corrected chi connectivity index (χ3v) is 9.34. The van der Waals surface area contributed by atoms with E-state index in [0.717, 1.165) is 36.6 Å². The molecule has 0 amide bonds. The summed E-state index contributed by atoms with van der Waals surface area (Å²) in [7, 11) is 3.48. The smallest absolute Gasteiger partial charge is 0.123 e. The number of ether oxygens (including phenoxy) is 2. The fourth-order valence-electron chi connectivity index (χ4n) is 7.41. The molecule has 4 aromatic rings. The molecule has 0 aliphatic carbocycles. The summed E-state index contributed by atoms with van der Waals surface area (Å²) in [5, 5.41) is 4.08. The van der Waals surface area contributed by atoms with Crippen molar-refractivity contribution in [2.24, 2.45) is 5.92 Å². The lowest BCUT2D eigenvalue weighted by molar-refractivity contribution is -0.0418. The highest BCUT2D eigenvalue weighted by Crippen LogP contribution is 2.45. The molecule has 4 aromatic carbocycles. The Bertz CT molecular complexity index is 1340. The van der Waals surface area contributed by atoms with Crippen molar-refractivity contribution in [2.45, 2.75) is 56.3 Å². The number of hydrogen-bond donors (Lipinski definition) is 1. The molecule has 4 heteroatoms. The number of fused-ring (bicyclic) bond motifs is 3. The first-order valence-electron chi connectivity index (χ1n) is 15.1. The largest absolute Gasteiger partial charge is 0.497 e. The van der Waals surface area contributed by atoms with Crippen molar-refractivity contribution in [3.05, 3.63) is 131 Å². The van der Waals surface area contributed by atoms with Crippen LogP contribution in [0.5, 0.6) is 11.5 Å². The number of hydrogen-bond acceptors (Lipinski definition) is 4. The summed E-state index contributed by atoms with van der Waals surface area (Å²) in [6.07, 6.45) is 4.81. The minimum Gasteiger partial charge on any atom is -0.497 e. The molecule has 3 saturated heterocycles. The van der Waals surface area contributed by atoms with Gasteiger partial charge in [-0.15, -0.1) is 0 Å². The van der Waals surface area contributed by atoms with Crippen molar-refractivity contribution in [3.63, 3.8) is 0 Å². The van der Waals surface area contributed by atoms with Crippen LogP contribution in [-0.4, -0.2) is 43.8 Å². The Morgan fingerprint density at radius 3 is 2.10 bits per heavy atom. The summed E-state index contributed by atoms with van der Waals surface area (Å²) in [6, 6.07) is 40.7. The molecule has 0 aromatic heterocycles. The van der Waals surface area contributed by atoms with Gasteiger partial charge in [0.2, 0.25) is 0 Å². The molecule has 7 rings (SSSR count). The third kappa shape index (κ3) is 6.05. The maximum Gasteiger partial charge on any atom is 0.123 e. The molecule has 3 fully saturated rings. The number of nitrogens with one attached hydrogen (secondary N) is 1. The summed E-state index contributed by atoms with van der Waals surface area (Å²) in [5.41, 5.74) is 5.36. The Labute approximate surface area is 245 Å². The first kappa shape index (κ1) is 27.6. The summed E-state index contributed by atoms with van der Waals surface area (Å²) >= 11 is 0. The zero-order valence-corrected chi connectivity index (χ0v) is 24.3. The molecule has 212 valence electrons. The fourth-order valence-corrected chi connectivity index (χ4v) is 7.41. The Balaban J connectivity index is 1.35. The Hall–Kier alpha value is -3.60. The van der Waals surface area contributed by atoms with Gasteiger partial charge in [0, 0.05) is 36.2 Å². The topological polar surface area (TPSA) is 33.7 Å². The zero-order chi connectivity index (χ0) is 28.0. The van der Waals surface area contributed by atoms with Gasteiger partial charge < -0.3 is 14.8 Å². The van der Waals surface area contributed by atoms with Crippen LogP contribution in [0.1, 0.15) is 47.4 Å². The van der Waals surface area contributed by atoms with E-state index in [1.807, 2.05) is 12.1 Å². The summed E-state index contributed by atoms with van der Waals surface area (Å²) in [6.45, 7) is 1.91. The molecule has 3 aliphatic rings. The number of rotatable bonds is 11. The first-order chi connectivity index (χ1) is 20.2. The minimum absolute atomic E-state index is 0.282. The summed E-state index contributed by atoms with van der Waals surface area (Å²) in [5.74, 6) is 2.67. The number of piperidine rings is 3. The van der Waals surface area contributed by atoms with Crippen LogP contribution in [0.15, 0.2) is 109 Å². The van der Waals surface area contributed by atoms with Crippen molar-refractivity contribution < 1.29 is 9.47 Å². The third-order valence-electron chi connectivity index (χ3n) is 9.34. The predicted molar refractivity (Wildman–Crippen MR) is 167 cm³/mol. The van der Waals surface area contributed by atoms with E-state index in [0.29, 0.717) is 24.0 Å². The lowest BCUT2D eigenvalue weighted by Crippen LogP contribution is -2.67. The molecule has 0 spiro atoms. The van der Waals surface area contributed by atoms with Gasteiger partial charge in [-0.05, 0) is 73.0 Å². The average Bonchev–Trinajstić information content (AvgIpc) is 3.05. The number of methoxy groups -OCH3 is 2. The summed E-state index contributed by atoms with van der Waals surface area (Å²) in [4.78, 5) is 2.87. The second-order valence-corrected chi connectivity index (χ2v) is 11.6. The molecular weight excluding hydrogens is 504 g/mol. The van der Waals surface area contributed by atoms with Gasteiger partial charge >= 0.3 is 0 Å². The maximum absolute atomic E-state index is 5.74. The number of nitrogens with zero attached hydrogens (tertiary/aromatic N) is 1. The second-order valence-electron chi connectivity index (χ2n) is 11.6. The molecule has 3 aliphatic heterocycles. The molecular formula is C37H42N2O2. The highest BCUT2D eigenvalue weighted by Gasteiger charge is 2.49. The van der Waals surface area contributed by atoms with E-state index in [-0.39, 0.29) is 5.92 Å². The molecule has 3 heterocycles. The van der Waals surface area contributed by atoms with E-state index in [9.17, 15) is 0 Å². The van der Waals surface area contributed by atoms with E-state index >= 15 is 0 Å². The monoisotopic (exact) mass is 546 g/mol. The number of benzene rings is 4.